The molecule has 1 heterocycles. The third-order valence-corrected chi connectivity index (χ3v) is 6.65. The van der Waals surface area contributed by atoms with Gasteiger partial charge in [0.1, 0.15) is 12.7 Å². The molecule has 1 aromatic rings. The number of amides is 1. The Morgan fingerprint density at radius 1 is 1.32 bits per heavy atom. The van der Waals surface area contributed by atoms with Gasteiger partial charge < -0.3 is 14.8 Å². The molecule has 2 saturated carbocycles. The van der Waals surface area contributed by atoms with Gasteiger partial charge in [-0.25, -0.2) is 4.79 Å². The monoisotopic (exact) mass is 413 g/mol. The van der Waals surface area contributed by atoms with Crippen LogP contribution in [0, 0.1) is 17.8 Å². The molecule has 3 fully saturated rings. The average molecular weight is 413 g/mol. The van der Waals surface area contributed by atoms with Crippen molar-refractivity contribution in [2.75, 3.05) is 0 Å². The number of hydrogen-bond acceptors (Lipinski definition) is 4. The van der Waals surface area contributed by atoms with E-state index in [4.69, 9.17) is 9.47 Å². The molecule has 0 unspecified atom stereocenters. The zero-order valence-electron chi connectivity index (χ0n) is 11.8. The lowest BCUT2D eigenvalue weighted by atomic mass is 9.85. The summed E-state index contributed by atoms with van der Waals surface area (Å²) in [6.45, 7) is 0.235. The molecular weight excluding hydrogens is 397 g/mol. The van der Waals surface area contributed by atoms with E-state index in [9.17, 15) is 9.59 Å². The van der Waals surface area contributed by atoms with Crippen LogP contribution in [0.4, 0.5) is 4.79 Å². The smallest absolute Gasteiger partial charge is 0.407 e. The summed E-state index contributed by atoms with van der Waals surface area (Å²) in [5, 5.41) is 2.90. The lowest BCUT2D eigenvalue weighted by molar-refractivity contribution is -0.143. The fourth-order valence-electron chi connectivity index (χ4n) is 4.07. The van der Waals surface area contributed by atoms with Crippen LogP contribution in [0.1, 0.15) is 12.0 Å². The molecule has 3 aliphatic rings. The normalized spacial score (nSPS) is 38.0. The maximum atomic E-state index is 12.0. The van der Waals surface area contributed by atoms with E-state index in [-0.39, 0.29) is 40.5 Å². The molecule has 0 aromatic heterocycles. The van der Waals surface area contributed by atoms with Crippen molar-refractivity contribution in [3.8, 4) is 0 Å². The lowest BCUT2D eigenvalue weighted by Gasteiger charge is -2.28. The number of hydrogen-bond donors (Lipinski definition) is 1. The minimum absolute atomic E-state index is 0.0430. The molecule has 5 nitrogen and oxygen atoms in total. The van der Waals surface area contributed by atoms with Crippen LogP contribution in [-0.4, -0.2) is 28.1 Å². The molecule has 22 heavy (non-hydrogen) atoms. The molecule has 2 aliphatic carbocycles. The maximum Gasteiger partial charge on any atom is 0.407 e. The number of fused-ring (bicyclic) bond motifs is 1. The molecule has 1 saturated heterocycles. The van der Waals surface area contributed by atoms with Crippen molar-refractivity contribution in [3.05, 3.63) is 35.9 Å². The summed E-state index contributed by atoms with van der Waals surface area (Å²) in [7, 11) is 0. The highest BCUT2D eigenvalue weighted by Gasteiger charge is 2.66. The van der Waals surface area contributed by atoms with E-state index in [1.807, 2.05) is 30.3 Å². The van der Waals surface area contributed by atoms with Crippen LogP contribution in [0.2, 0.25) is 0 Å². The Bertz CT molecular complexity index is 607. The van der Waals surface area contributed by atoms with E-state index in [1.165, 1.54) is 0 Å². The maximum absolute atomic E-state index is 12.0. The van der Waals surface area contributed by atoms with E-state index in [0.29, 0.717) is 5.92 Å². The predicted octanol–water partition coefficient (Wildman–Crippen LogP) is 2.28. The standard InChI is InChI=1S/C16H16INO4/c17-12-10-6-9-11(15(19)22-14(9)12)13(10)18-16(20)21-7-8-4-2-1-3-5-8/h1-5,9-14H,6-7H2,(H,18,20)/t9-,10+,11+,12+,13-,14+/m1/s1. The second-order valence-electron chi connectivity index (χ2n) is 6.17. The number of alkyl carbamates (subject to hydrolysis) is 1. The Kier molecular flexibility index (Phi) is 3.51. The van der Waals surface area contributed by atoms with Gasteiger partial charge in [-0.05, 0) is 17.9 Å². The molecule has 4 rings (SSSR count). The van der Waals surface area contributed by atoms with Crippen LogP contribution in [0.15, 0.2) is 30.3 Å². The van der Waals surface area contributed by atoms with Crippen molar-refractivity contribution in [2.24, 2.45) is 17.8 Å². The van der Waals surface area contributed by atoms with Gasteiger partial charge in [0.25, 0.3) is 0 Å². The lowest BCUT2D eigenvalue weighted by Crippen LogP contribution is -2.48. The van der Waals surface area contributed by atoms with Crippen molar-refractivity contribution < 1.29 is 19.1 Å². The molecule has 1 aliphatic heterocycles. The summed E-state index contributed by atoms with van der Waals surface area (Å²) < 4.78 is 11.0. The Hall–Kier alpha value is -1.31. The van der Waals surface area contributed by atoms with Gasteiger partial charge in [-0.15, -0.1) is 0 Å². The molecular formula is C16H16INO4. The van der Waals surface area contributed by atoms with Crippen LogP contribution in [0.5, 0.6) is 0 Å². The number of halogens is 1. The van der Waals surface area contributed by atoms with E-state index in [1.54, 1.807) is 0 Å². The third-order valence-electron chi connectivity index (χ3n) is 5.02. The van der Waals surface area contributed by atoms with E-state index in [0.717, 1.165) is 12.0 Å². The quantitative estimate of drug-likeness (QED) is 0.469. The van der Waals surface area contributed by atoms with Crippen LogP contribution in [0.25, 0.3) is 0 Å². The van der Waals surface area contributed by atoms with Crippen LogP contribution >= 0.6 is 22.6 Å². The number of ether oxygens (including phenoxy) is 2. The molecule has 1 amide bonds. The number of benzene rings is 1. The topological polar surface area (TPSA) is 64.6 Å². The Morgan fingerprint density at radius 2 is 2.09 bits per heavy atom. The summed E-state index contributed by atoms with van der Waals surface area (Å²) in [6.07, 6.45) is 0.543. The van der Waals surface area contributed by atoms with Crippen LogP contribution in [-0.2, 0) is 20.9 Å². The van der Waals surface area contributed by atoms with Crippen molar-refractivity contribution in [1.82, 2.24) is 5.32 Å². The van der Waals surface area contributed by atoms with Gasteiger partial charge in [-0.3, -0.25) is 4.79 Å². The number of rotatable bonds is 3. The summed E-state index contributed by atoms with van der Waals surface area (Å²) >= 11 is 2.35. The number of esters is 1. The highest BCUT2D eigenvalue weighted by molar-refractivity contribution is 14.1. The molecule has 116 valence electrons. The van der Waals surface area contributed by atoms with Crippen molar-refractivity contribution in [1.29, 1.82) is 0 Å². The first-order valence-electron chi connectivity index (χ1n) is 7.47. The van der Waals surface area contributed by atoms with Gasteiger partial charge in [-0.2, -0.15) is 0 Å². The molecule has 6 atom stereocenters. The first kappa shape index (κ1) is 14.3. The van der Waals surface area contributed by atoms with Crippen molar-refractivity contribution in [2.45, 2.75) is 29.1 Å². The largest absolute Gasteiger partial charge is 0.461 e. The van der Waals surface area contributed by atoms with Gasteiger partial charge in [-0.1, -0.05) is 52.9 Å². The minimum Gasteiger partial charge on any atom is -0.461 e. The predicted molar refractivity (Wildman–Crippen MR) is 86.3 cm³/mol. The molecule has 2 bridgehead atoms. The zero-order valence-corrected chi connectivity index (χ0v) is 13.9. The summed E-state index contributed by atoms with van der Waals surface area (Å²) in [4.78, 5) is 24.0. The fourth-order valence-corrected chi connectivity index (χ4v) is 5.49. The minimum atomic E-state index is -0.457. The van der Waals surface area contributed by atoms with E-state index in [2.05, 4.69) is 27.9 Å². The number of alkyl halides is 1. The highest BCUT2D eigenvalue weighted by atomic mass is 127. The SMILES string of the molecule is O=C(N[C@@H]1[C@H]2C[C@H]3[C@H](OC(=O)[C@@H]31)[C@H]2I)OCc1ccccc1. The van der Waals surface area contributed by atoms with Crippen molar-refractivity contribution >= 4 is 34.7 Å². The number of carbonyl (C=O) groups excluding carboxylic acids is 2. The first-order chi connectivity index (χ1) is 10.6. The third kappa shape index (κ3) is 2.19. The zero-order chi connectivity index (χ0) is 15.3. The van der Waals surface area contributed by atoms with Gasteiger partial charge in [0.15, 0.2) is 0 Å². The molecule has 1 aromatic carbocycles. The Labute approximate surface area is 141 Å². The van der Waals surface area contributed by atoms with Crippen molar-refractivity contribution in [3.63, 3.8) is 0 Å². The van der Waals surface area contributed by atoms with Gasteiger partial charge in [0.05, 0.1) is 9.84 Å². The van der Waals surface area contributed by atoms with Crippen LogP contribution in [0.3, 0.4) is 0 Å². The molecule has 6 heteroatoms. The summed E-state index contributed by atoms with van der Waals surface area (Å²) in [6, 6.07) is 9.39. The van der Waals surface area contributed by atoms with E-state index < -0.39 is 6.09 Å². The summed E-state index contributed by atoms with van der Waals surface area (Å²) in [5.41, 5.74) is 0.942. The average Bonchev–Trinajstić information content (AvgIpc) is 3.11. The van der Waals surface area contributed by atoms with Gasteiger partial charge in [0.2, 0.25) is 0 Å². The summed E-state index contributed by atoms with van der Waals surface area (Å²) in [5.74, 6) is 0.213. The van der Waals surface area contributed by atoms with E-state index >= 15 is 0 Å². The fraction of sp³-hybridized carbons (Fsp3) is 0.500. The number of carbonyl (C=O) groups is 2. The van der Waals surface area contributed by atoms with Gasteiger partial charge in [0, 0.05) is 12.0 Å². The molecule has 0 spiro atoms. The Morgan fingerprint density at radius 3 is 2.86 bits per heavy atom. The molecule has 0 radical (unpaired) electrons. The second-order valence-corrected chi connectivity index (χ2v) is 7.61. The first-order valence-corrected chi connectivity index (χ1v) is 8.71. The number of nitrogens with one attached hydrogen (secondary N) is 1. The van der Waals surface area contributed by atoms with Crippen LogP contribution < -0.4 is 5.32 Å². The molecule has 1 N–H and O–H groups in total. The highest BCUT2D eigenvalue weighted by Crippen LogP contribution is 2.56. The Balaban J connectivity index is 1.39. The van der Waals surface area contributed by atoms with Gasteiger partial charge >= 0.3 is 12.1 Å². The second kappa shape index (κ2) is 5.40.